The maximum Gasteiger partial charge on any atom is 0.658 e. The molecule has 2 aromatic rings. The zero-order valence-electron chi connectivity index (χ0n) is 9.37. The van der Waals surface area contributed by atoms with Gasteiger partial charge in [-0.15, -0.1) is 0 Å². The minimum Gasteiger partial charge on any atom is -0.526 e. The van der Waals surface area contributed by atoms with Crippen molar-refractivity contribution in [1.82, 2.24) is 0 Å². The molecule has 0 spiro atoms. The third-order valence-electron chi connectivity index (χ3n) is 2.15. The molecule has 0 N–H and O–H groups in total. The van der Waals surface area contributed by atoms with Crippen LogP contribution < -0.4 is 9.31 Å². The van der Waals surface area contributed by atoms with Gasteiger partial charge in [0, 0.05) is 12.1 Å². The molecular formula is C12H6BCl2F2O2. The lowest BCUT2D eigenvalue weighted by molar-refractivity contribution is 0.454. The Morgan fingerprint density at radius 3 is 1.58 bits per heavy atom. The van der Waals surface area contributed by atoms with Crippen LogP contribution in [0.15, 0.2) is 36.4 Å². The van der Waals surface area contributed by atoms with Gasteiger partial charge >= 0.3 is 7.69 Å². The van der Waals surface area contributed by atoms with Crippen molar-refractivity contribution in [3.63, 3.8) is 0 Å². The van der Waals surface area contributed by atoms with Crippen LogP contribution in [0.5, 0.6) is 11.5 Å². The van der Waals surface area contributed by atoms with E-state index in [2.05, 4.69) is 0 Å². The molecule has 0 aliphatic rings. The first-order chi connectivity index (χ1) is 9.06. The third kappa shape index (κ3) is 3.75. The van der Waals surface area contributed by atoms with Crippen LogP contribution >= 0.6 is 23.2 Å². The summed E-state index contributed by atoms with van der Waals surface area (Å²) in [7, 11) is 0.950. The summed E-state index contributed by atoms with van der Waals surface area (Å²) in [6.45, 7) is 0. The van der Waals surface area contributed by atoms with Crippen molar-refractivity contribution in [3.8, 4) is 11.5 Å². The van der Waals surface area contributed by atoms with Crippen LogP contribution in [0, 0.1) is 11.6 Å². The highest BCUT2D eigenvalue weighted by atomic mass is 35.5. The fourth-order valence-electron chi connectivity index (χ4n) is 1.24. The second-order valence-electron chi connectivity index (χ2n) is 3.48. The van der Waals surface area contributed by atoms with E-state index < -0.39 is 11.6 Å². The highest BCUT2D eigenvalue weighted by molar-refractivity contribution is 6.31. The molecule has 1 radical (unpaired) electrons. The quantitative estimate of drug-likeness (QED) is 0.786. The first-order valence-corrected chi connectivity index (χ1v) is 5.87. The zero-order chi connectivity index (χ0) is 13.8. The molecule has 2 nitrogen and oxygen atoms in total. The molecule has 0 saturated carbocycles. The maximum absolute atomic E-state index is 13.1. The van der Waals surface area contributed by atoms with Gasteiger partial charge in [0.2, 0.25) is 0 Å². The SMILES string of the molecule is Fc1cc(O[B]Oc2ccc(Cl)c(F)c2)ccc1Cl. The lowest BCUT2D eigenvalue weighted by atomic mass is 10.3. The summed E-state index contributed by atoms with van der Waals surface area (Å²) in [6.07, 6.45) is 0. The average Bonchev–Trinajstić information content (AvgIpc) is 2.38. The fourth-order valence-corrected chi connectivity index (χ4v) is 1.47. The molecule has 7 heteroatoms. The maximum atomic E-state index is 13.1. The van der Waals surface area contributed by atoms with E-state index in [1.165, 1.54) is 24.3 Å². The minimum absolute atomic E-state index is 0.00644. The van der Waals surface area contributed by atoms with E-state index in [-0.39, 0.29) is 21.5 Å². The molecule has 0 atom stereocenters. The highest BCUT2D eigenvalue weighted by Gasteiger charge is 2.07. The van der Waals surface area contributed by atoms with E-state index in [1.807, 2.05) is 0 Å². The van der Waals surface area contributed by atoms with Gasteiger partial charge < -0.3 is 9.31 Å². The standard InChI is InChI=1S/C12H6BCl2F2O2/c14-9-3-1-7(5-11(9)16)18-13-19-8-2-4-10(15)12(17)6-8/h1-6H. The fraction of sp³-hybridized carbons (Fsp3) is 0. The molecule has 0 unspecified atom stereocenters. The van der Waals surface area contributed by atoms with Crippen LogP contribution in [0.2, 0.25) is 10.0 Å². The smallest absolute Gasteiger partial charge is 0.526 e. The van der Waals surface area contributed by atoms with Crippen LogP contribution in [0.4, 0.5) is 8.78 Å². The summed E-state index contributed by atoms with van der Waals surface area (Å²) >= 11 is 11.0. The Morgan fingerprint density at radius 1 is 0.789 bits per heavy atom. The number of rotatable bonds is 4. The molecule has 19 heavy (non-hydrogen) atoms. The summed E-state index contributed by atoms with van der Waals surface area (Å²) in [5.41, 5.74) is 0. The lowest BCUT2D eigenvalue weighted by Gasteiger charge is -2.07. The first kappa shape index (κ1) is 14.0. The van der Waals surface area contributed by atoms with Crippen molar-refractivity contribution in [3.05, 3.63) is 58.1 Å². The predicted octanol–water partition coefficient (Wildman–Crippen LogP) is 4.26. The van der Waals surface area contributed by atoms with Crippen molar-refractivity contribution in [2.24, 2.45) is 0 Å². The summed E-state index contributed by atoms with van der Waals surface area (Å²) in [6, 6.07) is 7.83. The Hall–Kier alpha value is -1.46. The topological polar surface area (TPSA) is 18.5 Å². The zero-order valence-corrected chi connectivity index (χ0v) is 10.9. The molecule has 0 aliphatic carbocycles. The Kier molecular flexibility index (Phi) is 4.50. The molecule has 2 rings (SSSR count). The van der Waals surface area contributed by atoms with Crippen LogP contribution in [0.25, 0.3) is 0 Å². The molecule has 0 aliphatic heterocycles. The molecule has 0 fully saturated rings. The third-order valence-corrected chi connectivity index (χ3v) is 2.76. The second kappa shape index (κ2) is 6.13. The van der Waals surface area contributed by atoms with Gasteiger partial charge in [-0.3, -0.25) is 0 Å². The van der Waals surface area contributed by atoms with Crippen molar-refractivity contribution in [2.75, 3.05) is 0 Å². The number of halogens is 4. The van der Waals surface area contributed by atoms with Gasteiger partial charge in [-0.2, -0.15) is 0 Å². The second-order valence-corrected chi connectivity index (χ2v) is 4.30. The summed E-state index contributed by atoms with van der Waals surface area (Å²) in [5, 5.41) is -0.0129. The van der Waals surface area contributed by atoms with Crippen molar-refractivity contribution in [2.45, 2.75) is 0 Å². The van der Waals surface area contributed by atoms with E-state index >= 15 is 0 Å². The average molecular weight is 302 g/mol. The number of hydrogen-bond donors (Lipinski definition) is 0. The first-order valence-electron chi connectivity index (χ1n) is 5.11. The minimum atomic E-state index is -0.606. The van der Waals surface area contributed by atoms with Gasteiger partial charge in [0.25, 0.3) is 0 Å². The van der Waals surface area contributed by atoms with Crippen LogP contribution in [-0.4, -0.2) is 7.69 Å². The summed E-state index contributed by atoms with van der Waals surface area (Å²) < 4.78 is 36.2. The van der Waals surface area contributed by atoms with Crippen LogP contribution in [-0.2, 0) is 0 Å². The Morgan fingerprint density at radius 2 is 1.21 bits per heavy atom. The molecule has 0 bridgehead atoms. The van der Waals surface area contributed by atoms with Gasteiger partial charge in [0.05, 0.1) is 10.0 Å². The monoisotopic (exact) mass is 301 g/mol. The molecule has 0 amide bonds. The molecule has 0 aromatic heterocycles. The van der Waals surface area contributed by atoms with Gasteiger partial charge in [0.1, 0.15) is 23.1 Å². The Labute approximate surface area is 119 Å². The van der Waals surface area contributed by atoms with E-state index in [9.17, 15) is 8.78 Å². The van der Waals surface area contributed by atoms with Crippen LogP contribution in [0.1, 0.15) is 0 Å². The summed E-state index contributed by atoms with van der Waals surface area (Å²) in [4.78, 5) is 0. The van der Waals surface area contributed by atoms with Gasteiger partial charge in [-0.25, -0.2) is 8.78 Å². The molecule has 97 valence electrons. The highest BCUT2D eigenvalue weighted by Crippen LogP contribution is 2.22. The predicted molar refractivity (Wildman–Crippen MR) is 69.8 cm³/mol. The molecule has 0 heterocycles. The van der Waals surface area contributed by atoms with E-state index in [1.54, 1.807) is 0 Å². The normalized spacial score (nSPS) is 10.1. The van der Waals surface area contributed by atoms with E-state index in [0.717, 1.165) is 19.8 Å². The number of benzene rings is 2. The summed E-state index contributed by atoms with van der Waals surface area (Å²) in [5.74, 6) is -0.803. The number of hydrogen-bond acceptors (Lipinski definition) is 2. The van der Waals surface area contributed by atoms with Crippen molar-refractivity contribution in [1.29, 1.82) is 0 Å². The largest absolute Gasteiger partial charge is 0.658 e. The molecule has 2 aromatic carbocycles. The molecule has 0 saturated heterocycles. The van der Waals surface area contributed by atoms with E-state index in [0.29, 0.717) is 0 Å². The van der Waals surface area contributed by atoms with Gasteiger partial charge in [0.15, 0.2) is 0 Å². The van der Waals surface area contributed by atoms with Crippen molar-refractivity contribution >= 4 is 30.9 Å². The van der Waals surface area contributed by atoms with Gasteiger partial charge in [-0.05, 0) is 24.3 Å². The van der Waals surface area contributed by atoms with E-state index in [4.69, 9.17) is 32.5 Å². The van der Waals surface area contributed by atoms with Gasteiger partial charge in [-0.1, -0.05) is 23.2 Å². The van der Waals surface area contributed by atoms with Crippen molar-refractivity contribution < 1.29 is 18.1 Å². The van der Waals surface area contributed by atoms with Crippen LogP contribution in [0.3, 0.4) is 0 Å². The Bertz CT molecular complexity index is 544. The Balaban J connectivity index is 1.92. The molecular weight excluding hydrogens is 296 g/mol. The lowest BCUT2D eigenvalue weighted by Crippen LogP contribution is -2.11.